The number of carbonyl (C=O) groups excluding carboxylic acids is 1. The second-order valence-corrected chi connectivity index (χ2v) is 9.24. The van der Waals surface area contributed by atoms with E-state index in [1.165, 1.54) is 49.9 Å². The van der Waals surface area contributed by atoms with Crippen molar-refractivity contribution in [2.75, 3.05) is 13.1 Å². The quantitative estimate of drug-likeness (QED) is 0.703. The molecule has 2 heteroatoms. The van der Waals surface area contributed by atoms with Crippen LogP contribution in [-0.2, 0) is 4.79 Å². The number of carbonyl (C=O) groups is 1. The average Bonchev–Trinajstić information content (AvgIpc) is 3.05. The van der Waals surface area contributed by atoms with E-state index in [4.69, 9.17) is 0 Å². The molecule has 0 N–H and O–H groups in total. The molecule has 2 atom stereocenters. The lowest BCUT2D eigenvalue weighted by Crippen LogP contribution is -2.61. The molecular formula is C26H31NO. The standard InChI is InChI=1S/C26H31NO/c28-24-19-26(27-15-9-1-2-10-16-27)17-22(20-11-5-3-6-12-20)25(24)23(18-26)21-13-7-4-8-14-21/h3-8,11-14,22-23,25H,1-2,9-10,15-19H2. The summed E-state index contributed by atoms with van der Waals surface area (Å²) in [6.45, 7) is 2.34. The van der Waals surface area contributed by atoms with Gasteiger partial charge in [0.05, 0.1) is 0 Å². The van der Waals surface area contributed by atoms with Crippen LogP contribution in [0.1, 0.15) is 67.9 Å². The van der Waals surface area contributed by atoms with E-state index >= 15 is 0 Å². The van der Waals surface area contributed by atoms with Crippen molar-refractivity contribution in [3.8, 4) is 0 Å². The van der Waals surface area contributed by atoms with Gasteiger partial charge in [0.2, 0.25) is 0 Å². The van der Waals surface area contributed by atoms with Gasteiger partial charge in [0.1, 0.15) is 5.78 Å². The molecule has 0 spiro atoms. The monoisotopic (exact) mass is 373 g/mol. The van der Waals surface area contributed by atoms with E-state index in [1.807, 2.05) is 0 Å². The van der Waals surface area contributed by atoms with Gasteiger partial charge in [0.15, 0.2) is 0 Å². The molecule has 2 aromatic carbocycles. The Kier molecular flexibility index (Phi) is 4.84. The fourth-order valence-electron chi connectivity index (χ4n) is 6.44. The van der Waals surface area contributed by atoms with Gasteiger partial charge < -0.3 is 0 Å². The molecule has 0 radical (unpaired) electrons. The summed E-state index contributed by atoms with van der Waals surface area (Å²) in [6, 6.07) is 21.7. The highest BCUT2D eigenvalue weighted by molar-refractivity contribution is 5.86. The smallest absolute Gasteiger partial charge is 0.139 e. The lowest BCUT2D eigenvalue weighted by molar-refractivity contribution is -0.140. The summed E-state index contributed by atoms with van der Waals surface area (Å²) in [7, 11) is 0. The molecule has 0 aromatic heterocycles. The lowest BCUT2D eigenvalue weighted by atomic mass is 9.52. The van der Waals surface area contributed by atoms with Crippen LogP contribution in [0.15, 0.2) is 60.7 Å². The summed E-state index contributed by atoms with van der Waals surface area (Å²) in [6.07, 6.45) is 8.31. The predicted octanol–water partition coefficient (Wildman–Crippen LogP) is 5.55. The second kappa shape index (κ2) is 7.48. The minimum atomic E-state index is 0.0528. The van der Waals surface area contributed by atoms with Crippen molar-refractivity contribution in [3.05, 3.63) is 71.8 Å². The molecular weight excluding hydrogens is 342 g/mol. The minimum Gasteiger partial charge on any atom is -0.299 e. The fourth-order valence-corrected chi connectivity index (χ4v) is 6.44. The van der Waals surface area contributed by atoms with Gasteiger partial charge in [-0.3, -0.25) is 9.69 Å². The molecule has 1 aliphatic heterocycles. The maximum atomic E-state index is 13.5. The van der Waals surface area contributed by atoms with Crippen LogP contribution in [0.25, 0.3) is 0 Å². The number of fused-ring (bicyclic) bond motifs is 3. The van der Waals surface area contributed by atoms with Crippen LogP contribution in [0.3, 0.4) is 0 Å². The van der Waals surface area contributed by atoms with E-state index in [0.717, 1.165) is 19.3 Å². The molecule has 1 heterocycles. The summed E-state index contributed by atoms with van der Waals surface area (Å²) in [5, 5.41) is 0. The van der Waals surface area contributed by atoms with Crippen molar-refractivity contribution in [2.45, 2.75) is 62.3 Å². The van der Waals surface area contributed by atoms with Crippen molar-refractivity contribution >= 4 is 5.78 Å². The molecule has 4 aliphatic rings. The van der Waals surface area contributed by atoms with Crippen LogP contribution >= 0.6 is 0 Å². The van der Waals surface area contributed by atoms with Gasteiger partial charge in [-0.1, -0.05) is 73.5 Å². The van der Waals surface area contributed by atoms with Crippen LogP contribution in [0.2, 0.25) is 0 Å². The summed E-state index contributed by atoms with van der Waals surface area (Å²) in [4.78, 5) is 16.3. The molecule has 28 heavy (non-hydrogen) atoms. The molecule has 2 unspecified atom stereocenters. The number of Topliss-reactive ketones (excluding diaryl/α,β-unsaturated/α-hetero) is 1. The van der Waals surface area contributed by atoms with Crippen molar-refractivity contribution in [1.82, 2.24) is 4.90 Å². The van der Waals surface area contributed by atoms with E-state index < -0.39 is 0 Å². The van der Waals surface area contributed by atoms with Crippen LogP contribution in [0.4, 0.5) is 0 Å². The zero-order chi connectivity index (χ0) is 19.0. The third kappa shape index (κ3) is 3.12. The molecule has 146 valence electrons. The number of likely N-dealkylation sites (tertiary alicyclic amines) is 1. The SMILES string of the molecule is O=C1CC2(N3CCCCCC3)CC(c3ccccc3)C1C(c1ccccc1)C2. The number of hydrogen-bond acceptors (Lipinski definition) is 2. The number of nitrogens with zero attached hydrogens (tertiary/aromatic N) is 1. The van der Waals surface area contributed by atoms with Crippen LogP contribution in [-0.4, -0.2) is 29.3 Å². The number of rotatable bonds is 3. The largest absolute Gasteiger partial charge is 0.299 e. The van der Waals surface area contributed by atoms with Gasteiger partial charge in [0.25, 0.3) is 0 Å². The third-order valence-corrected chi connectivity index (χ3v) is 7.67. The van der Waals surface area contributed by atoms with Gasteiger partial charge in [0, 0.05) is 17.9 Å². The van der Waals surface area contributed by atoms with Crippen molar-refractivity contribution in [1.29, 1.82) is 0 Å². The Balaban J connectivity index is 1.58. The van der Waals surface area contributed by atoms with E-state index in [0.29, 0.717) is 17.6 Å². The number of ketones is 1. The van der Waals surface area contributed by atoms with Gasteiger partial charge in [-0.05, 0) is 61.7 Å². The highest BCUT2D eigenvalue weighted by atomic mass is 16.1. The first-order chi connectivity index (χ1) is 13.8. The number of benzene rings is 2. The van der Waals surface area contributed by atoms with Crippen molar-refractivity contribution < 1.29 is 4.79 Å². The Bertz CT molecular complexity index is 757. The lowest BCUT2D eigenvalue weighted by Gasteiger charge is -2.58. The topological polar surface area (TPSA) is 20.3 Å². The van der Waals surface area contributed by atoms with Gasteiger partial charge in [-0.2, -0.15) is 0 Å². The van der Waals surface area contributed by atoms with Gasteiger partial charge in [-0.15, -0.1) is 0 Å². The summed E-state index contributed by atoms with van der Waals surface area (Å²) < 4.78 is 0. The summed E-state index contributed by atoms with van der Waals surface area (Å²) >= 11 is 0. The Morgan fingerprint density at radius 2 is 1.21 bits per heavy atom. The number of hydrogen-bond donors (Lipinski definition) is 0. The van der Waals surface area contributed by atoms with Gasteiger partial charge in [-0.25, -0.2) is 0 Å². The maximum absolute atomic E-state index is 13.5. The maximum Gasteiger partial charge on any atom is 0.139 e. The summed E-state index contributed by atoms with van der Waals surface area (Å²) in [5.41, 5.74) is 2.78. The average molecular weight is 374 g/mol. The molecule has 2 bridgehead atoms. The Hall–Kier alpha value is -1.93. The van der Waals surface area contributed by atoms with Crippen LogP contribution in [0, 0.1) is 5.92 Å². The van der Waals surface area contributed by atoms with Crippen molar-refractivity contribution in [2.24, 2.45) is 5.92 Å². The molecule has 3 aliphatic carbocycles. The van der Waals surface area contributed by atoms with E-state index in [-0.39, 0.29) is 11.5 Å². The van der Waals surface area contributed by atoms with Crippen LogP contribution < -0.4 is 0 Å². The predicted molar refractivity (Wildman–Crippen MR) is 113 cm³/mol. The zero-order valence-corrected chi connectivity index (χ0v) is 16.7. The minimum absolute atomic E-state index is 0.0528. The van der Waals surface area contributed by atoms with Crippen LogP contribution in [0.5, 0.6) is 0 Å². The molecule has 6 rings (SSSR count). The van der Waals surface area contributed by atoms with E-state index in [1.54, 1.807) is 0 Å². The Morgan fingerprint density at radius 1 is 0.714 bits per heavy atom. The zero-order valence-electron chi connectivity index (χ0n) is 16.7. The molecule has 2 nitrogen and oxygen atoms in total. The van der Waals surface area contributed by atoms with Crippen molar-refractivity contribution in [3.63, 3.8) is 0 Å². The Labute approximate surface area is 169 Å². The molecule has 0 amide bonds. The molecule has 2 aromatic rings. The summed E-state index contributed by atoms with van der Waals surface area (Å²) in [5.74, 6) is 1.34. The first kappa shape index (κ1) is 18.1. The normalized spacial score (nSPS) is 33.6. The molecule has 1 saturated heterocycles. The second-order valence-electron chi connectivity index (χ2n) is 9.24. The highest BCUT2D eigenvalue weighted by Gasteiger charge is 2.57. The molecule has 4 fully saturated rings. The Morgan fingerprint density at radius 3 is 1.71 bits per heavy atom. The first-order valence-electron chi connectivity index (χ1n) is 11.1. The van der Waals surface area contributed by atoms with E-state index in [2.05, 4.69) is 65.6 Å². The highest BCUT2D eigenvalue weighted by Crippen LogP contribution is 2.58. The van der Waals surface area contributed by atoms with Gasteiger partial charge >= 0.3 is 0 Å². The van der Waals surface area contributed by atoms with E-state index in [9.17, 15) is 4.79 Å². The fraction of sp³-hybridized carbons (Fsp3) is 0.500. The molecule has 3 saturated carbocycles. The first-order valence-corrected chi connectivity index (χ1v) is 11.1. The third-order valence-electron chi connectivity index (χ3n) is 7.67.